The van der Waals surface area contributed by atoms with Crippen molar-refractivity contribution in [2.45, 2.75) is 13.1 Å². The first-order valence-corrected chi connectivity index (χ1v) is 7.70. The SMILES string of the molecule is c1ncn(Cc2ccc(-c3ccc(Cn4cncn4)cc3)cc2)n1. The average molecular weight is 316 g/mol. The maximum Gasteiger partial charge on any atom is 0.137 e. The van der Waals surface area contributed by atoms with Gasteiger partial charge in [0.2, 0.25) is 0 Å². The Bertz CT molecular complexity index is 800. The van der Waals surface area contributed by atoms with Gasteiger partial charge in [-0.25, -0.2) is 19.3 Å². The minimum Gasteiger partial charge on any atom is -0.249 e. The summed E-state index contributed by atoms with van der Waals surface area (Å²) in [7, 11) is 0. The van der Waals surface area contributed by atoms with Crippen molar-refractivity contribution in [3.05, 3.63) is 85.0 Å². The van der Waals surface area contributed by atoms with Crippen molar-refractivity contribution in [1.29, 1.82) is 0 Å². The van der Waals surface area contributed by atoms with Crippen LogP contribution in [0.2, 0.25) is 0 Å². The number of aromatic nitrogens is 6. The third kappa shape index (κ3) is 3.22. The fraction of sp³-hybridized carbons (Fsp3) is 0.111. The van der Waals surface area contributed by atoms with Crippen LogP contribution < -0.4 is 0 Å². The Morgan fingerprint density at radius 2 is 1.00 bits per heavy atom. The van der Waals surface area contributed by atoms with Gasteiger partial charge in [0.25, 0.3) is 0 Å². The molecule has 118 valence electrons. The summed E-state index contributed by atoms with van der Waals surface area (Å²) in [5.41, 5.74) is 4.80. The summed E-state index contributed by atoms with van der Waals surface area (Å²) >= 11 is 0. The first-order chi connectivity index (χ1) is 11.9. The third-order valence-electron chi connectivity index (χ3n) is 3.86. The molecule has 2 aromatic carbocycles. The van der Waals surface area contributed by atoms with Crippen molar-refractivity contribution in [3.63, 3.8) is 0 Å². The van der Waals surface area contributed by atoms with Crippen LogP contribution in [0.15, 0.2) is 73.8 Å². The van der Waals surface area contributed by atoms with Gasteiger partial charge in [0, 0.05) is 0 Å². The van der Waals surface area contributed by atoms with Gasteiger partial charge in [-0.3, -0.25) is 0 Å². The van der Waals surface area contributed by atoms with Gasteiger partial charge < -0.3 is 0 Å². The fourth-order valence-corrected chi connectivity index (χ4v) is 2.61. The van der Waals surface area contributed by atoms with Crippen LogP contribution in [0.3, 0.4) is 0 Å². The molecule has 0 bridgehead atoms. The van der Waals surface area contributed by atoms with Crippen LogP contribution in [-0.4, -0.2) is 29.5 Å². The van der Waals surface area contributed by atoms with Gasteiger partial charge in [-0.2, -0.15) is 10.2 Å². The number of rotatable bonds is 5. The highest BCUT2D eigenvalue weighted by atomic mass is 15.3. The second-order valence-corrected chi connectivity index (χ2v) is 5.58. The Hall–Kier alpha value is -3.28. The Morgan fingerprint density at radius 3 is 1.33 bits per heavy atom. The molecule has 0 N–H and O–H groups in total. The summed E-state index contributed by atoms with van der Waals surface area (Å²) in [4.78, 5) is 7.92. The summed E-state index contributed by atoms with van der Waals surface area (Å²) < 4.78 is 3.63. The van der Waals surface area contributed by atoms with Gasteiger partial charge in [-0.05, 0) is 22.3 Å². The lowest BCUT2D eigenvalue weighted by Crippen LogP contribution is -2.00. The summed E-state index contributed by atoms with van der Waals surface area (Å²) in [6.07, 6.45) is 6.55. The van der Waals surface area contributed by atoms with Crippen LogP contribution in [0.25, 0.3) is 11.1 Å². The molecule has 0 aliphatic rings. The van der Waals surface area contributed by atoms with Crippen LogP contribution >= 0.6 is 0 Å². The predicted octanol–water partition coefficient (Wildman–Crippen LogP) is 2.63. The molecular formula is C18H16N6. The van der Waals surface area contributed by atoms with Crippen LogP contribution in [0, 0.1) is 0 Å². The average Bonchev–Trinajstić information content (AvgIpc) is 3.31. The van der Waals surface area contributed by atoms with E-state index in [1.54, 1.807) is 25.3 Å². The summed E-state index contributed by atoms with van der Waals surface area (Å²) in [6, 6.07) is 17.1. The Morgan fingerprint density at radius 1 is 0.583 bits per heavy atom. The summed E-state index contributed by atoms with van der Waals surface area (Å²) in [5, 5.41) is 8.25. The molecule has 4 rings (SSSR count). The van der Waals surface area contributed by atoms with Crippen molar-refractivity contribution in [2.75, 3.05) is 0 Å². The first-order valence-electron chi connectivity index (χ1n) is 7.70. The van der Waals surface area contributed by atoms with E-state index in [0.717, 1.165) is 13.1 Å². The third-order valence-corrected chi connectivity index (χ3v) is 3.86. The Kier molecular flexibility index (Phi) is 3.85. The molecule has 0 fully saturated rings. The molecule has 0 amide bonds. The molecule has 0 aliphatic heterocycles. The topological polar surface area (TPSA) is 61.4 Å². The molecule has 0 radical (unpaired) electrons. The van der Waals surface area contributed by atoms with Crippen molar-refractivity contribution in [2.24, 2.45) is 0 Å². The van der Waals surface area contributed by atoms with E-state index in [4.69, 9.17) is 0 Å². The van der Waals surface area contributed by atoms with E-state index in [9.17, 15) is 0 Å². The smallest absolute Gasteiger partial charge is 0.137 e. The largest absolute Gasteiger partial charge is 0.249 e. The highest BCUT2D eigenvalue weighted by molar-refractivity contribution is 5.63. The summed E-state index contributed by atoms with van der Waals surface area (Å²) in [6.45, 7) is 1.47. The molecule has 24 heavy (non-hydrogen) atoms. The lowest BCUT2D eigenvalue weighted by molar-refractivity contribution is 0.685. The maximum atomic E-state index is 4.13. The van der Waals surface area contributed by atoms with Crippen LogP contribution in [0.5, 0.6) is 0 Å². The second-order valence-electron chi connectivity index (χ2n) is 5.58. The molecule has 0 aliphatic carbocycles. The Balaban J connectivity index is 1.47. The highest BCUT2D eigenvalue weighted by Crippen LogP contribution is 2.21. The zero-order valence-electron chi connectivity index (χ0n) is 13.0. The fourth-order valence-electron chi connectivity index (χ4n) is 2.61. The number of hydrogen-bond donors (Lipinski definition) is 0. The van der Waals surface area contributed by atoms with Gasteiger partial charge in [0.05, 0.1) is 13.1 Å². The van der Waals surface area contributed by atoms with E-state index in [0.29, 0.717) is 0 Å². The van der Waals surface area contributed by atoms with Crippen molar-refractivity contribution in [3.8, 4) is 11.1 Å². The van der Waals surface area contributed by atoms with E-state index in [1.807, 2.05) is 9.36 Å². The van der Waals surface area contributed by atoms with E-state index in [1.165, 1.54) is 22.3 Å². The lowest BCUT2D eigenvalue weighted by Gasteiger charge is -2.06. The minimum absolute atomic E-state index is 0.733. The molecule has 2 heterocycles. The van der Waals surface area contributed by atoms with E-state index in [-0.39, 0.29) is 0 Å². The van der Waals surface area contributed by atoms with Crippen molar-refractivity contribution >= 4 is 0 Å². The van der Waals surface area contributed by atoms with Gasteiger partial charge in [-0.1, -0.05) is 48.5 Å². The van der Waals surface area contributed by atoms with Crippen molar-refractivity contribution < 1.29 is 0 Å². The second kappa shape index (κ2) is 6.45. The Labute approximate surface area is 139 Å². The molecule has 0 saturated heterocycles. The zero-order valence-corrected chi connectivity index (χ0v) is 13.0. The van der Waals surface area contributed by atoms with Crippen LogP contribution in [0.4, 0.5) is 0 Å². The summed E-state index contributed by atoms with van der Waals surface area (Å²) in [5.74, 6) is 0. The van der Waals surface area contributed by atoms with Gasteiger partial charge in [0.1, 0.15) is 25.3 Å². The van der Waals surface area contributed by atoms with Gasteiger partial charge in [-0.15, -0.1) is 0 Å². The monoisotopic (exact) mass is 316 g/mol. The van der Waals surface area contributed by atoms with E-state index in [2.05, 4.69) is 68.7 Å². The van der Waals surface area contributed by atoms with E-state index >= 15 is 0 Å². The minimum atomic E-state index is 0.733. The molecule has 0 atom stereocenters. The number of nitrogens with zero attached hydrogens (tertiary/aromatic N) is 6. The first kappa shape index (κ1) is 14.3. The number of hydrogen-bond acceptors (Lipinski definition) is 4. The molecule has 0 spiro atoms. The quantitative estimate of drug-likeness (QED) is 0.568. The maximum absolute atomic E-state index is 4.13. The molecule has 4 aromatic rings. The predicted molar refractivity (Wildman–Crippen MR) is 90.1 cm³/mol. The van der Waals surface area contributed by atoms with E-state index < -0.39 is 0 Å². The van der Waals surface area contributed by atoms with Crippen LogP contribution in [0.1, 0.15) is 11.1 Å². The van der Waals surface area contributed by atoms with Gasteiger partial charge >= 0.3 is 0 Å². The highest BCUT2D eigenvalue weighted by Gasteiger charge is 2.01. The van der Waals surface area contributed by atoms with Crippen molar-refractivity contribution in [1.82, 2.24) is 29.5 Å². The molecule has 0 saturated carbocycles. The van der Waals surface area contributed by atoms with Gasteiger partial charge in [0.15, 0.2) is 0 Å². The number of benzene rings is 2. The molecule has 0 unspecified atom stereocenters. The molecule has 6 nitrogen and oxygen atoms in total. The van der Waals surface area contributed by atoms with Crippen LogP contribution in [-0.2, 0) is 13.1 Å². The lowest BCUT2D eigenvalue weighted by atomic mass is 10.0. The zero-order chi connectivity index (χ0) is 16.2. The molecular weight excluding hydrogens is 300 g/mol. The normalized spacial score (nSPS) is 10.8. The molecule has 2 aromatic heterocycles. The standard InChI is InChI=1S/C18H16N6/c1-5-17(6-2-15(1)9-23-13-19-11-21-23)18-7-3-16(4-8-18)10-24-14-20-12-22-24/h1-8,11-14H,9-10H2. The molecule has 6 heteroatoms.